The molecule has 0 bridgehead atoms. The van der Waals surface area contributed by atoms with Crippen LogP contribution in [-0.4, -0.2) is 73.6 Å². The van der Waals surface area contributed by atoms with Crippen LogP contribution >= 0.6 is 0 Å². The number of hydrogen-bond donors (Lipinski definition) is 4. The van der Waals surface area contributed by atoms with E-state index in [2.05, 4.69) is 30.5 Å². The van der Waals surface area contributed by atoms with Crippen molar-refractivity contribution in [3.63, 3.8) is 0 Å². The van der Waals surface area contributed by atoms with E-state index in [9.17, 15) is 9.50 Å². The SMILES string of the molecule is CN(C)CCOc1cc(F)cc(-c2ccnc3[nH]c(-c4n[nH]c5ccc(-c6cncc(NC(O)C7CC7)c6)nc45)cc23)c1. The molecule has 1 unspecified atom stereocenters. The van der Waals surface area contributed by atoms with Gasteiger partial charge in [0.15, 0.2) is 0 Å². The van der Waals surface area contributed by atoms with Crippen LogP contribution in [0.4, 0.5) is 10.1 Å². The molecule has 1 atom stereocenters. The van der Waals surface area contributed by atoms with Crippen LogP contribution in [0.5, 0.6) is 5.75 Å². The highest BCUT2D eigenvalue weighted by molar-refractivity contribution is 5.99. The number of benzene rings is 1. The van der Waals surface area contributed by atoms with Crippen LogP contribution in [0, 0.1) is 11.7 Å². The average Bonchev–Trinajstić information content (AvgIpc) is 3.62. The molecule has 6 aromatic rings. The van der Waals surface area contributed by atoms with Gasteiger partial charge in [0.1, 0.15) is 41.3 Å². The second-order valence-corrected chi connectivity index (χ2v) is 11.2. The van der Waals surface area contributed by atoms with Crippen LogP contribution in [0.1, 0.15) is 12.8 Å². The zero-order chi connectivity index (χ0) is 29.5. The lowest BCUT2D eigenvalue weighted by Crippen LogP contribution is -2.20. The van der Waals surface area contributed by atoms with E-state index in [1.165, 1.54) is 12.1 Å². The van der Waals surface area contributed by atoms with Crippen molar-refractivity contribution >= 4 is 27.8 Å². The molecule has 1 fully saturated rings. The number of likely N-dealkylation sites (N-methyl/N-ethyl adjacent to an activating group) is 1. The van der Waals surface area contributed by atoms with Crippen LogP contribution in [0.3, 0.4) is 0 Å². The van der Waals surface area contributed by atoms with E-state index in [1.54, 1.807) is 18.6 Å². The Morgan fingerprint density at radius 3 is 2.81 bits per heavy atom. The summed E-state index contributed by atoms with van der Waals surface area (Å²) >= 11 is 0. The quantitative estimate of drug-likeness (QED) is 0.158. The fourth-order valence-corrected chi connectivity index (χ4v) is 5.16. The van der Waals surface area contributed by atoms with Crippen molar-refractivity contribution < 1.29 is 14.2 Å². The van der Waals surface area contributed by atoms with Crippen molar-refractivity contribution in [3.8, 4) is 39.5 Å². The maximum Gasteiger partial charge on any atom is 0.138 e. The minimum atomic E-state index is -0.581. The molecule has 0 radical (unpaired) electrons. The van der Waals surface area contributed by atoms with E-state index in [0.717, 1.165) is 58.5 Å². The zero-order valence-electron chi connectivity index (χ0n) is 23.8. The Hall–Kier alpha value is -4.87. The van der Waals surface area contributed by atoms with Crippen LogP contribution in [-0.2, 0) is 0 Å². The lowest BCUT2D eigenvalue weighted by atomic mass is 10.0. The van der Waals surface area contributed by atoms with Crippen LogP contribution in [0.2, 0.25) is 0 Å². The molecule has 7 rings (SSSR count). The highest BCUT2D eigenvalue weighted by Gasteiger charge is 2.29. The van der Waals surface area contributed by atoms with Crippen molar-refractivity contribution in [2.45, 2.75) is 19.1 Å². The number of ether oxygens (including phenoxy) is 1. The van der Waals surface area contributed by atoms with Crippen molar-refractivity contribution in [3.05, 3.63) is 72.9 Å². The van der Waals surface area contributed by atoms with Gasteiger partial charge in [-0.3, -0.25) is 10.1 Å². The van der Waals surface area contributed by atoms with Gasteiger partial charge >= 0.3 is 0 Å². The topological polar surface area (TPSA) is 128 Å². The van der Waals surface area contributed by atoms with Crippen LogP contribution in [0.25, 0.3) is 55.8 Å². The molecular weight excluding hydrogens is 547 g/mol. The summed E-state index contributed by atoms with van der Waals surface area (Å²) in [5.41, 5.74) is 7.27. The summed E-state index contributed by atoms with van der Waals surface area (Å²) in [7, 11) is 3.93. The monoisotopic (exact) mass is 578 g/mol. The van der Waals surface area contributed by atoms with Crippen molar-refractivity contribution in [2.24, 2.45) is 5.92 Å². The first-order valence-corrected chi connectivity index (χ1v) is 14.2. The van der Waals surface area contributed by atoms with Gasteiger partial charge in [0.25, 0.3) is 0 Å². The van der Waals surface area contributed by atoms with E-state index < -0.39 is 6.23 Å². The largest absolute Gasteiger partial charge is 0.492 e. The van der Waals surface area contributed by atoms with E-state index in [-0.39, 0.29) is 5.82 Å². The van der Waals surface area contributed by atoms with Gasteiger partial charge in [0.2, 0.25) is 0 Å². The van der Waals surface area contributed by atoms with E-state index >= 15 is 0 Å². The number of aliphatic hydroxyl groups excluding tert-OH is 1. The molecule has 0 saturated heterocycles. The normalized spacial score (nSPS) is 14.1. The fraction of sp³-hybridized carbons (Fsp3) is 0.250. The standard InChI is InChI=1S/C32H31FN8O2/c1-41(2)9-10-43-23-13-19(11-21(33)14-23)24-7-8-35-31-25(24)15-28(38-31)30-29-27(39-40-30)6-5-26(37-29)20-12-22(17-34-16-20)36-32(42)18-3-4-18/h5-8,11-18,32,36,42H,3-4,9-10H2,1-2H3,(H,35,38)(H,39,40). The first-order valence-electron chi connectivity index (χ1n) is 14.2. The Balaban J connectivity index is 1.22. The lowest BCUT2D eigenvalue weighted by Gasteiger charge is -2.13. The van der Waals surface area contributed by atoms with E-state index in [1.807, 2.05) is 55.4 Å². The molecule has 0 spiro atoms. The number of nitrogens with zero attached hydrogens (tertiary/aromatic N) is 5. The van der Waals surface area contributed by atoms with Gasteiger partial charge in [0, 0.05) is 41.9 Å². The second-order valence-electron chi connectivity index (χ2n) is 11.2. The lowest BCUT2D eigenvalue weighted by molar-refractivity contribution is 0.180. The van der Waals surface area contributed by atoms with Crippen LogP contribution in [0.15, 0.2) is 67.1 Å². The predicted octanol–water partition coefficient (Wildman–Crippen LogP) is 5.45. The molecule has 5 aromatic heterocycles. The Morgan fingerprint density at radius 2 is 1.98 bits per heavy atom. The van der Waals surface area contributed by atoms with Gasteiger partial charge in [-0.05, 0) is 80.5 Å². The summed E-state index contributed by atoms with van der Waals surface area (Å²) in [6.45, 7) is 1.18. The fourth-order valence-electron chi connectivity index (χ4n) is 5.16. The van der Waals surface area contributed by atoms with Gasteiger partial charge < -0.3 is 25.0 Å². The molecule has 218 valence electrons. The molecule has 1 saturated carbocycles. The molecule has 1 aromatic carbocycles. The maximum absolute atomic E-state index is 14.6. The maximum atomic E-state index is 14.6. The summed E-state index contributed by atoms with van der Waals surface area (Å²) in [6.07, 6.45) is 6.62. The number of H-pyrrole nitrogens is 2. The molecule has 11 heteroatoms. The molecule has 0 amide bonds. The molecular formula is C32H31FN8O2. The number of halogens is 1. The Bertz CT molecular complexity index is 1930. The number of aromatic nitrogens is 6. The van der Waals surface area contributed by atoms with Gasteiger partial charge in [-0.1, -0.05) is 0 Å². The Labute approximate surface area is 247 Å². The zero-order valence-corrected chi connectivity index (χ0v) is 23.8. The average molecular weight is 579 g/mol. The minimum absolute atomic E-state index is 0.294. The van der Waals surface area contributed by atoms with Gasteiger partial charge in [0.05, 0.1) is 28.8 Å². The number of aliphatic hydroxyl groups is 1. The second kappa shape index (κ2) is 11.1. The number of pyridine rings is 3. The molecule has 1 aliphatic rings. The summed E-state index contributed by atoms with van der Waals surface area (Å²) < 4.78 is 20.5. The summed E-state index contributed by atoms with van der Waals surface area (Å²) in [4.78, 5) is 19.2. The van der Waals surface area contributed by atoms with Crippen molar-refractivity contribution in [2.75, 3.05) is 32.6 Å². The number of rotatable bonds is 10. The smallest absolute Gasteiger partial charge is 0.138 e. The number of fused-ring (bicyclic) bond motifs is 2. The predicted molar refractivity (Wildman–Crippen MR) is 164 cm³/mol. The summed E-state index contributed by atoms with van der Waals surface area (Å²) in [5, 5.41) is 21.9. The highest BCUT2D eigenvalue weighted by atomic mass is 19.1. The molecule has 43 heavy (non-hydrogen) atoms. The molecule has 1 aliphatic carbocycles. The third kappa shape index (κ3) is 5.64. The number of aromatic amines is 2. The number of anilines is 1. The van der Waals surface area contributed by atoms with Crippen molar-refractivity contribution in [1.29, 1.82) is 0 Å². The first kappa shape index (κ1) is 27.0. The number of nitrogens with one attached hydrogen (secondary N) is 3. The van der Waals surface area contributed by atoms with E-state index in [4.69, 9.17) is 9.72 Å². The summed E-state index contributed by atoms with van der Waals surface area (Å²) in [6, 6.07) is 14.4. The molecule has 10 nitrogen and oxygen atoms in total. The van der Waals surface area contributed by atoms with Gasteiger partial charge in [-0.2, -0.15) is 5.10 Å². The number of hydrogen-bond acceptors (Lipinski definition) is 8. The Kier molecular flexibility index (Phi) is 6.96. The van der Waals surface area contributed by atoms with E-state index in [0.29, 0.717) is 40.7 Å². The minimum Gasteiger partial charge on any atom is -0.492 e. The van der Waals surface area contributed by atoms with Crippen molar-refractivity contribution in [1.82, 2.24) is 35.0 Å². The molecule has 0 aliphatic heterocycles. The highest BCUT2D eigenvalue weighted by Crippen LogP contribution is 2.36. The molecule has 5 heterocycles. The van der Waals surface area contributed by atoms with Crippen LogP contribution < -0.4 is 10.1 Å². The van der Waals surface area contributed by atoms with Gasteiger partial charge in [-0.25, -0.2) is 14.4 Å². The third-order valence-corrected chi connectivity index (χ3v) is 7.60. The first-order chi connectivity index (χ1) is 20.9. The Morgan fingerprint density at radius 1 is 1.09 bits per heavy atom. The van der Waals surface area contributed by atoms with Gasteiger partial charge in [-0.15, -0.1) is 0 Å². The summed E-state index contributed by atoms with van der Waals surface area (Å²) in [5.74, 6) is 0.398. The third-order valence-electron chi connectivity index (χ3n) is 7.60. The molecule has 4 N–H and O–H groups in total.